The van der Waals surface area contributed by atoms with E-state index in [4.69, 9.17) is 4.74 Å². The first-order valence-corrected chi connectivity index (χ1v) is 10.7. The Morgan fingerprint density at radius 1 is 1.04 bits per heavy atom. The Labute approximate surface area is 166 Å². The number of para-hydroxylation sites is 2. The average molecular weight is 408 g/mol. The Balaban J connectivity index is 1.53. The van der Waals surface area contributed by atoms with Gasteiger partial charge in [-0.15, -0.1) is 0 Å². The fraction of sp³-hybridized carbons (Fsp3) is 0.400. The molecule has 6 nitrogen and oxygen atoms in total. The molecule has 0 atom stereocenters. The SMILES string of the molecule is COc1ccccc1N1CCN(CCN(C)S(=O)(=O)c2ccc(F)cc2)CC1. The minimum Gasteiger partial charge on any atom is -0.495 e. The van der Waals surface area contributed by atoms with Gasteiger partial charge in [-0.3, -0.25) is 4.90 Å². The second kappa shape index (κ2) is 8.89. The molecule has 3 rings (SSSR count). The molecule has 0 aromatic heterocycles. The number of piperazine rings is 1. The summed E-state index contributed by atoms with van der Waals surface area (Å²) in [7, 11) is -0.374. The number of anilines is 1. The van der Waals surface area contributed by atoms with E-state index in [1.807, 2.05) is 18.2 Å². The second-order valence-corrected chi connectivity index (χ2v) is 8.83. The van der Waals surface area contributed by atoms with Crippen molar-refractivity contribution >= 4 is 15.7 Å². The number of sulfonamides is 1. The molecule has 1 heterocycles. The van der Waals surface area contributed by atoms with Crippen LogP contribution in [0.4, 0.5) is 10.1 Å². The molecular formula is C20H26FN3O3S. The third kappa shape index (κ3) is 4.63. The standard InChI is InChI=1S/C20H26FN3O3S/c1-22(28(25,26)18-9-7-17(21)8-10-18)11-12-23-13-15-24(16-14-23)19-5-3-4-6-20(19)27-2/h3-10H,11-16H2,1-2H3. The smallest absolute Gasteiger partial charge is 0.242 e. The molecule has 0 amide bonds. The minimum absolute atomic E-state index is 0.109. The molecule has 0 bridgehead atoms. The summed E-state index contributed by atoms with van der Waals surface area (Å²) in [6.07, 6.45) is 0. The molecular weight excluding hydrogens is 381 g/mol. The first-order chi connectivity index (χ1) is 13.4. The van der Waals surface area contributed by atoms with Crippen LogP contribution in [0.3, 0.4) is 0 Å². The first-order valence-electron chi connectivity index (χ1n) is 9.24. The predicted octanol–water partition coefficient (Wildman–Crippen LogP) is 2.28. The molecule has 0 radical (unpaired) electrons. The Morgan fingerprint density at radius 3 is 2.32 bits per heavy atom. The third-order valence-corrected chi connectivity index (χ3v) is 6.92. The lowest BCUT2D eigenvalue weighted by molar-refractivity contribution is 0.243. The number of likely N-dealkylation sites (N-methyl/N-ethyl adjacent to an activating group) is 1. The Morgan fingerprint density at radius 2 is 1.68 bits per heavy atom. The van der Waals surface area contributed by atoms with E-state index < -0.39 is 15.8 Å². The first kappa shape index (κ1) is 20.6. The summed E-state index contributed by atoms with van der Waals surface area (Å²) in [4.78, 5) is 4.65. The topological polar surface area (TPSA) is 53.1 Å². The monoisotopic (exact) mass is 407 g/mol. The molecule has 1 aliphatic rings. The zero-order chi connectivity index (χ0) is 20.1. The van der Waals surface area contributed by atoms with Crippen molar-refractivity contribution in [3.05, 3.63) is 54.3 Å². The van der Waals surface area contributed by atoms with Crippen molar-refractivity contribution in [3.63, 3.8) is 0 Å². The van der Waals surface area contributed by atoms with E-state index in [-0.39, 0.29) is 4.90 Å². The number of ether oxygens (including phenoxy) is 1. The summed E-state index contributed by atoms with van der Waals surface area (Å²) in [5.74, 6) is 0.413. The van der Waals surface area contributed by atoms with Crippen molar-refractivity contribution in [1.29, 1.82) is 0 Å². The van der Waals surface area contributed by atoms with E-state index in [9.17, 15) is 12.8 Å². The highest BCUT2D eigenvalue weighted by molar-refractivity contribution is 7.89. The maximum Gasteiger partial charge on any atom is 0.242 e. The van der Waals surface area contributed by atoms with Crippen LogP contribution in [0, 0.1) is 5.82 Å². The van der Waals surface area contributed by atoms with Crippen molar-refractivity contribution < 1.29 is 17.5 Å². The molecule has 28 heavy (non-hydrogen) atoms. The van der Waals surface area contributed by atoms with Crippen molar-refractivity contribution in [1.82, 2.24) is 9.21 Å². The lowest BCUT2D eigenvalue weighted by atomic mass is 10.2. The molecule has 1 saturated heterocycles. The lowest BCUT2D eigenvalue weighted by Gasteiger charge is -2.37. The van der Waals surface area contributed by atoms with E-state index in [1.54, 1.807) is 14.2 Å². The minimum atomic E-state index is -3.61. The number of hydrogen-bond donors (Lipinski definition) is 0. The van der Waals surface area contributed by atoms with Gasteiger partial charge in [0.25, 0.3) is 0 Å². The molecule has 1 aliphatic heterocycles. The molecule has 152 valence electrons. The largest absolute Gasteiger partial charge is 0.495 e. The summed E-state index contributed by atoms with van der Waals surface area (Å²) in [5, 5.41) is 0. The Hall–Kier alpha value is -2.16. The third-order valence-electron chi connectivity index (χ3n) is 5.05. The molecule has 2 aromatic carbocycles. The zero-order valence-electron chi connectivity index (χ0n) is 16.2. The van der Waals surface area contributed by atoms with Crippen molar-refractivity contribution in [2.75, 3.05) is 58.3 Å². The van der Waals surface area contributed by atoms with Gasteiger partial charge in [-0.05, 0) is 36.4 Å². The highest BCUT2D eigenvalue weighted by Crippen LogP contribution is 2.28. The van der Waals surface area contributed by atoms with E-state index >= 15 is 0 Å². The average Bonchev–Trinajstić information content (AvgIpc) is 2.72. The molecule has 1 fully saturated rings. The van der Waals surface area contributed by atoms with Gasteiger partial charge in [0, 0.05) is 46.3 Å². The highest BCUT2D eigenvalue weighted by Gasteiger charge is 2.23. The molecule has 8 heteroatoms. The van der Waals surface area contributed by atoms with Gasteiger partial charge >= 0.3 is 0 Å². The molecule has 0 saturated carbocycles. The number of benzene rings is 2. The number of nitrogens with zero attached hydrogens (tertiary/aromatic N) is 3. The van der Waals surface area contributed by atoms with Crippen LogP contribution in [-0.2, 0) is 10.0 Å². The van der Waals surface area contributed by atoms with Crippen molar-refractivity contribution in [2.45, 2.75) is 4.90 Å². The van der Waals surface area contributed by atoms with Crippen LogP contribution in [0.2, 0.25) is 0 Å². The second-order valence-electron chi connectivity index (χ2n) is 6.78. The normalized spacial score (nSPS) is 15.8. The highest BCUT2D eigenvalue weighted by atomic mass is 32.2. The predicted molar refractivity (Wildman–Crippen MR) is 108 cm³/mol. The summed E-state index contributed by atoms with van der Waals surface area (Å²) in [5.41, 5.74) is 1.08. The van der Waals surface area contributed by atoms with E-state index in [2.05, 4.69) is 15.9 Å². The number of rotatable bonds is 7. The maximum absolute atomic E-state index is 13.0. The van der Waals surface area contributed by atoms with Crippen LogP contribution >= 0.6 is 0 Å². The van der Waals surface area contributed by atoms with E-state index in [1.165, 1.54) is 16.4 Å². The Bertz CT molecular complexity index is 882. The molecule has 2 aromatic rings. The van der Waals surface area contributed by atoms with Gasteiger partial charge in [-0.1, -0.05) is 12.1 Å². The number of hydrogen-bond acceptors (Lipinski definition) is 5. The number of halogens is 1. The molecule has 0 unspecified atom stereocenters. The van der Waals surface area contributed by atoms with Crippen LogP contribution < -0.4 is 9.64 Å². The van der Waals surface area contributed by atoms with Gasteiger partial charge in [0.15, 0.2) is 0 Å². The Kier molecular flexibility index (Phi) is 6.53. The van der Waals surface area contributed by atoms with Crippen LogP contribution in [0.25, 0.3) is 0 Å². The van der Waals surface area contributed by atoms with Crippen LogP contribution in [0.5, 0.6) is 5.75 Å². The fourth-order valence-electron chi connectivity index (χ4n) is 3.29. The van der Waals surface area contributed by atoms with Crippen LogP contribution in [-0.4, -0.2) is 71.0 Å². The van der Waals surface area contributed by atoms with Crippen LogP contribution in [0.1, 0.15) is 0 Å². The van der Waals surface area contributed by atoms with Gasteiger partial charge in [0.1, 0.15) is 11.6 Å². The van der Waals surface area contributed by atoms with E-state index in [0.717, 1.165) is 49.7 Å². The van der Waals surface area contributed by atoms with Crippen molar-refractivity contribution in [2.24, 2.45) is 0 Å². The number of methoxy groups -OCH3 is 1. The summed E-state index contributed by atoms with van der Waals surface area (Å²) in [6, 6.07) is 12.9. The maximum atomic E-state index is 13.0. The lowest BCUT2D eigenvalue weighted by Crippen LogP contribution is -2.48. The summed E-state index contributed by atoms with van der Waals surface area (Å²) < 4.78 is 45.0. The van der Waals surface area contributed by atoms with Gasteiger partial charge in [0.05, 0.1) is 17.7 Å². The van der Waals surface area contributed by atoms with Gasteiger partial charge in [-0.2, -0.15) is 4.31 Å². The summed E-state index contributed by atoms with van der Waals surface area (Å²) >= 11 is 0. The molecule has 0 N–H and O–H groups in total. The van der Waals surface area contributed by atoms with Crippen molar-refractivity contribution in [3.8, 4) is 5.75 Å². The van der Waals surface area contributed by atoms with Gasteiger partial charge < -0.3 is 9.64 Å². The van der Waals surface area contributed by atoms with Gasteiger partial charge in [-0.25, -0.2) is 12.8 Å². The molecule has 0 spiro atoms. The van der Waals surface area contributed by atoms with E-state index in [0.29, 0.717) is 13.1 Å². The fourth-order valence-corrected chi connectivity index (χ4v) is 4.45. The summed E-state index contributed by atoms with van der Waals surface area (Å²) in [6.45, 7) is 4.44. The van der Waals surface area contributed by atoms with Crippen LogP contribution in [0.15, 0.2) is 53.4 Å². The molecule has 0 aliphatic carbocycles. The quantitative estimate of drug-likeness (QED) is 0.705. The van der Waals surface area contributed by atoms with Gasteiger partial charge in [0.2, 0.25) is 10.0 Å². The zero-order valence-corrected chi connectivity index (χ0v) is 17.0.